The summed E-state index contributed by atoms with van der Waals surface area (Å²) in [6.45, 7) is 4.63. The molecule has 0 aromatic heterocycles. The first kappa shape index (κ1) is 29.0. The summed E-state index contributed by atoms with van der Waals surface area (Å²) >= 11 is 0. The van der Waals surface area contributed by atoms with Crippen LogP contribution in [0.25, 0.3) is 0 Å². The number of nitrogens with zero attached hydrogens (tertiary/aromatic N) is 3. The molecule has 3 aromatic carbocycles. The molecule has 0 heterocycles. The van der Waals surface area contributed by atoms with E-state index in [0.29, 0.717) is 64.9 Å². The smallest absolute Gasteiger partial charge is 0.248 e. The first-order valence-electron chi connectivity index (χ1n) is 13.5. The highest BCUT2D eigenvalue weighted by atomic mass is 16.5. The Morgan fingerprint density at radius 1 is 1.00 bits per heavy atom. The molecule has 0 aliphatic heterocycles. The third-order valence-corrected chi connectivity index (χ3v) is 6.03. The lowest BCUT2D eigenvalue weighted by Crippen LogP contribution is -2.30. The van der Waals surface area contributed by atoms with Crippen molar-refractivity contribution in [3.63, 3.8) is 0 Å². The summed E-state index contributed by atoms with van der Waals surface area (Å²) < 4.78 is 5.86. The van der Waals surface area contributed by atoms with Crippen LogP contribution in [0.3, 0.4) is 0 Å². The number of amidine groups is 1. The lowest BCUT2D eigenvalue weighted by Gasteiger charge is -2.23. The number of hydrogen-bond acceptors (Lipinski definition) is 7. The molecule has 1 amide bonds. The van der Waals surface area contributed by atoms with Gasteiger partial charge in [0.05, 0.1) is 11.0 Å². The van der Waals surface area contributed by atoms with Gasteiger partial charge in [-0.1, -0.05) is 30.3 Å². The highest BCUT2D eigenvalue weighted by Crippen LogP contribution is 2.28. The maximum absolute atomic E-state index is 12.4. The molecular weight excluding hydrogens is 518 g/mol. The van der Waals surface area contributed by atoms with Gasteiger partial charge in [-0.2, -0.15) is 5.01 Å². The number of aliphatic imine (C=N–C) groups is 1. The molecule has 1 aliphatic rings. The van der Waals surface area contributed by atoms with Crippen LogP contribution in [0.15, 0.2) is 113 Å². The number of ether oxygens (including phenoxy) is 1. The van der Waals surface area contributed by atoms with Crippen molar-refractivity contribution < 1.29 is 9.53 Å². The zero-order valence-electron chi connectivity index (χ0n) is 23.2. The first-order valence-corrected chi connectivity index (χ1v) is 13.5. The van der Waals surface area contributed by atoms with E-state index in [-0.39, 0.29) is 5.91 Å². The van der Waals surface area contributed by atoms with Gasteiger partial charge in [0.25, 0.3) is 0 Å². The van der Waals surface area contributed by atoms with E-state index in [2.05, 4.69) is 26.2 Å². The summed E-state index contributed by atoms with van der Waals surface area (Å²) in [5.41, 5.74) is 8.64. The van der Waals surface area contributed by atoms with Gasteiger partial charge >= 0.3 is 0 Å². The number of hydrogen-bond donors (Lipinski definition) is 4. The molecular formula is C31H35N7O3. The fourth-order valence-corrected chi connectivity index (χ4v) is 3.97. The maximum Gasteiger partial charge on any atom is 0.248 e. The molecule has 1 saturated carbocycles. The quantitative estimate of drug-likeness (QED) is 0.0677. The Balaban J connectivity index is 1.48. The van der Waals surface area contributed by atoms with E-state index < -0.39 is 0 Å². The number of carbonyl (C=O) groups is 1. The van der Waals surface area contributed by atoms with Crippen molar-refractivity contribution in [1.29, 1.82) is 0 Å². The van der Waals surface area contributed by atoms with Gasteiger partial charge in [0.1, 0.15) is 17.2 Å². The second-order valence-electron chi connectivity index (χ2n) is 9.44. The van der Waals surface area contributed by atoms with Crippen LogP contribution >= 0.6 is 0 Å². The molecule has 0 spiro atoms. The van der Waals surface area contributed by atoms with Crippen LogP contribution in [0.1, 0.15) is 26.7 Å². The highest BCUT2D eigenvalue weighted by Gasteiger charge is 2.22. The van der Waals surface area contributed by atoms with Crippen LogP contribution in [-0.4, -0.2) is 30.9 Å². The number of carbonyl (C=O) groups excluding carboxylic acids is 1. The van der Waals surface area contributed by atoms with Crippen LogP contribution in [-0.2, 0) is 4.79 Å². The van der Waals surface area contributed by atoms with Gasteiger partial charge in [-0.05, 0) is 81.3 Å². The molecule has 3 aromatic rings. The van der Waals surface area contributed by atoms with Crippen molar-refractivity contribution in [3.05, 3.63) is 107 Å². The number of allylic oxidation sites excluding steroid dienone is 1. The molecule has 212 valence electrons. The van der Waals surface area contributed by atoms with Crippen molar-refractivity contribution in [2.45, 2.75) is 32.7 Å². The molecule has 1 fully saturated rings. The van der Waals surface area contributed by atoms with Crippen LogP contribution < -0.4 is 31.4 Å². The van der Waals surface area contributed by atoms with Crippen molar-refractivity contribution in [2.75, 3.05) is 28.7 Å². The maximum atomic E-state index is 12.4. The Kier molecular flexibility index (Phi) is 10.2. The summed E-state index contributed by atoms with van der Waals surface area (Å²) in [4.78, 5) is 29.1. The lowest BCUT2D eigenvalue weighted by molar-refractivity contribution is -0.111. The SMILES string of the molecule is CCN=C(Nc1cccc(NC(=O)/C=C/CNC2CC2)c1)/C(=C(\C)N)N(N=O)c1ccc(Oc2ccccc2)cc1. The molecule has 10 nitrogen and oxygen atoms in total. The number of anilines is 3. The number of nitrogens with two attached hydrogens (primary N) is 1. The van der Waals surface area contributed by atoms with Gasteiger partial charge in [0.15, 0.2) is 5.84 Å². The molecule has 0 unspecified atom stereocenters. The minimum atomic E-state index is -0.225. The van der Waals surface area contributed by atoms with Gasteiger partial charge in [-0.15, -0.1) is 4.91 Å². The molecule has 0 bridgehead atoms. The summed E-state index contributed by atoms with van der Waals surface area (Å²) in [6, 6.07) is 24.1. The van der Waals surface area contributed by atoms with Crippen LogP contribution in [0.5, 0.6) is 11.5 Å². The molecule has 0 atom stereocenters. The van der Waals surface area contributed by atoms with Gasteiger partial charge < -0.3 is 26.4 Å². The van der Waals surface area contributed by atoms with E-state index in [4.69, 9.17) is 10.5 Å². The largest absolute Gasteiger partial charge is 0.457 e. The van der Waals surface area contributed by atoms with Gasteiger partial charge in [-0.3, -0.25) is 9.79 Å². The summed E-state index contributed by atoms with van der Waals surface area (Å²) in [6.07, 6.45) is 5.72. The molecule has 1 aliphatic carbocycles. The molecule has 4 rings (SSSR count). The van der Waals surface area contributed by atoms with Gasteiger partial charge in [-0.25, -0.2) is 0 Å². The predicted octanol–water partition coefficient (Wildman–Crippen LogP) is 5.93. The van der Waals surface area contributed by atoms with Crippen molar-refractivity contribution in [2.24, 2.45) is 16.0 Å². The normalized spacial score (nSPS) is 13.9. The number of benzene rings is 3. The van der Waals surface area contributed by atoms with Crippen molar-refractivity contribution in [3.8, 4) is 11.5 Å². The topological polar surface area (TPSA) is 133 Å². The molecule has 0 radical (unpaired) electrons. The van der Waals surface area contributed by atoms with Gasteiger partial charge in [0.2, 0.25) is 5.91 Å². The Bertz CT molecular complexity index is 1410. The molecule has 41 heavy (non-hydrogen) atoms. The second-order valence-corrected chi connectivity index (χ2v) is 9.44. The Morgan fingerprint density at radius 2 is 1.68 bits per heavy atom. The second kappa shape index (κ2) is 14.4. The van der Waals surface area contributed by atoms with E-state index in [9.17, 15) is 9.70 Å². The molecule has 10 heteroatoms. The van der Waals surface area contributed by atoms with Crippen molar-refractivity contribution >= 4 is 28.8 Å². The summed E-state index contributed by atoms with van der Waals surface area (Å²) in [7, 11) is 0. The highest BCUT2D eigenvalue weighted by molar-refractivity contribution is 6.10. The molecule has 0 saturated heterocycles. The van der Waals surface area contributed by atoms with Crippen molar-refractivity contribution in [1.82, 2.24) is 5.32 Å². The van der Waals surface area contributed by atoms with Gasteiger partial charge in [0, 0.05) is 42.3 Å². The lowest BCUT2D eigenvalue weighted by atomic mass is 10.2. The zero-order chi connectivity index (χ0) is 29.0. The zero-order valence-corrected chi connectivity index (χ0v) is 23.2. The number of nitroso groups, excluding NO2 is 1. The van der Waals surface area contributed by atoms with E-state index in [0.717, 1.165) is 0 Å². The third kappa shape index (κ3) is 8.77. The van der Waals surface area contributed by atoms with Crippen LogP contribution in [0.4, 0.5) is 17.1 Å². The van der Waals surface area contributed by atoms with Crippen LogP contribution in [0.2, 0.25) is 0 Å². The van der Waals surface area contributed by atoms with E-state index in [1.54, 1.807) is 49.4 Å². The van der Waals surface area contributed by atoms with E-state index in [1.807, 2.05) is 49.4 Å². The van der Waals surface area contributed by atoms with E-state index >= 15 is 0 Å². The fourth-order valence-electron chi connectivity index (χ4n) is 3.97. The molecule has 5 N–H and O–H groups in total. The Hall–Kier alpha value is -4.96. The number of para-hydroxylation sites is 1. The number of rotatable bonds is 13. The number of amides is 1. The minimum absolute atomic E-state index is 0.225. The summed E-state index contributed by atoms with van der Waals surface area (Å²) in [5, 5.41) is 13.9. The van der Waals surface area contributed by atoms with E-state index in [1.165, 1.54) is 23.9 Å². The first-order chi connectivity index (χ1) is 20.0. The predicted molar refractivity (Wildman–Crippen MR) is 165 cm³/mol. The van der Waals surface area contributed by atoms with Crippen LogP contribution in [0, 0.1) is 4.91 Å². The average molecular weight is 554 g/mol. The number of nitrogens with one attached hydrogen (secondary N) is 3. The summed E-state index contributed by atoms with van der Waals surface area (Å²) in [5.74, 6) is 1.43. The average Bonchev–Trinajstić information content (AvgIpc) is 3.80. The fraction of sp³-hybridized carbons (Fsp3) is 0.226. The Labute approximate surface area is 239 Å². The Morgan fingerprint density at radius 3 is 2.32 bits per heavy atom. The monoisotopic (exact) mass is 553 g/mol. The standard InChI is InChI=1S/C31H35N7O3/c1-3-33-31(36-25-10-7-9-24(21-25)35-29(39)13-8-20-34-23-14-15-23)30(22(2)32)38(37-40)26-16-18-28(19-17-26)41-27-11-5-4-6-12-27/h4-13,16-19,21,23,34H,3,14-15,20,32H2,1-2H3,(H,33,36)(H,35,39)/b13-8+,30-22-. The minimum Gasteiger partial charge on any atom is -0.457 e. The third-order valence-electron chi connectivity index (χ3n) is 6.03.